The minimum atomic E-state index is -0.275. The van der Waals surface area contributed by atoms with E-state index in [0.29, 0.717) is 40.9 Å². The lowest BCUT2D eigenvalue weighted by Crippen LogP contribution is -2.48. The van der Waals surface area contributed by atoms with E-state index in [1.165, 1.54) is 17.3 Å². The van der Waals surface area contributed by atoms with E-state index in [1.54, 1.807) is 23.5 Å². The lowest BCUT2D eigenvalue weighted by molar-refractivity contribution is -0.122. The van der Waals surface area contributed by atoms with Crippen LogP contribution in [0.25, 0.3) is 6.08 Å². The average molecular weight is 566 g/mol. The molecule has 2 aromatic rings. The molecule has 0 unspecified atom stereocenters. The van der Waals surface area contributed by atoms with E-state index in [0.717, 1.165) is 50.5 Å². The second-order valence-corrected chi connectivity index (χ2v) is 11.4. The molecule has 1 amide bonds. The fourth-order valence-electron chi connectivity index (χ4n) is 5.07. The predicted molar refractivity (Wildman–Crippen MR) is 161 cm³/mol. The van der Waals surface area contributed by atoms with Gasteiger partial charge in [-0.1, -0.05) is 61.2 Å². The number of nitriles is 1. The first-order valence-electron chi connectivity index (χ1n) is 13.3. The van der Waals surface area contributed by atoms with Crippen molar-refractivity contribution in [3.05, 3.63) is 67.8 Å². The minimum Gasteiger partial charge on any atom is -0.385 e. The van der Waals surface area contributed by atoms with Crippen LogP contribution in [-0.2, 0) is 22.6 Å². The molecule has 0 radical (unpaired) electrons. The number of benzene rings is 1. The van der Waals surface area contributed by atoms with E-state index in [1.807, 2.05) is 19.1 Å². The Kier molecular flexibility index (Phi) is 9.97. The Morgan fingerprint density at radius 1 is 1.13 bits per heavy atom. The first kappa shape index (κ1) is 29.0. The summed E-state index contributed by atoms with van der Waals surface area (Å²) in [7, 11) is 1.63. The Labute approximate surface area is 239 Å². The molecule has 2 aliphatic heterocycles. The van der Waals surface area contributed by atoms with Crippen molar-refractivity contribution in [3.8, 4) is 6.07 Å². The van der Waals surface area contributed by atoms with Crippen molar-refractivity contribution in [3.63, 3.8) is 0 Å². The number of anilines is 1. The number of hydrogen-bond acceptors (Lipinski definition) is 8. The molecule has 206 valence electrons. The normalized spacial score (nSPS) is 17.3. The molecule has 0 saturated carbocycles. The van der Waals surface area contributed by atoms with Crippen LogP contribution in [0.4, 0.5) is 5.82 Å². The highest BCUT2D eigenvalue weighted by Gasteiger charge is 2.33. The number of thioether (sulfide) groups is 1. The predicted octanol–water partition coefficient (Wildman–Crippen LogP) is 4.00. The number of amides is 1. The van der Waals surface area contributed by atoms with Crippen LogP contribution >= 0.6 is 24.0 Å². The van der Waals surface area contributed by atoms with Crippen molar-refractivity contribution in [2.24, 2.45) is 0 Å². The van der Waals surface area contributed by atoms with Gasteiger partial charge in [0.25, 0.3) is 11.5 Å². The van der Waals surface area contributed by atoms with Crippen molar-refractivity contribution >= 4 is 46.1 Å². The molecule has 4 rings (SSSR count). The Balaban J connectivity index is 1.70. The maximum atomic E-state index is 13.5. The van der Waals surface area contributed by atoms with Crippen LogP contribution in [0.2, 0.25) is 0 Å². The Morgan fingerprint density at radius 3 is 2.49 bits per heavy atom. The molecule has 3 heterocycles. The van der Waals surface area contributed by atoms with Gasteiger partial charge in [0.2, 0.25) is 0 Å². The van der Waals surface area contributed by atoms with Crippen molar-refractivity contribution in [1.82, 2.24) is 14.4 Å². The standard InChI is InChI=1S/C29H35N5O3S2/c1-4-11-33-26(32-15-13-31(14-16-32)20-22-9-6-5-7-10-22)23(21(2)24(19-30)27(33)35)18-25-28(36)34(29(38)39-25)12-8-17-37-3/h5-7,9-10,18H,4,8,11-17,20H2,1-3H3. The number of piperazine rings is 1. The van der Waals surface area contributed by atoms with Gasteiger partial charge >= 0.3 is 0 Å². The summed E-state index contributed by atoms with van der Waals surface area (Å²) in [5.74, 6) is 0.633. The van der Waals surface area contributed by atoms with Gasteiger partial charge in [-0.05, 0) is 37.0 Å². The lowest BCUT2D eigenvalue weighted by atomic mass is 10.0. The molecule has 10 heteroatoms. The highest BCUT2D eigenvalue weighted by molar-refractivity contribution is 8.26. The van der Waals surface area contributed by atoms with Crippen molar-refractivity contribution in [2.45, 2.75) is 39.8 Å². The van der Waals surface area contributed by atoms with Crippen LogP contribution in [0.1, 0.15) is 42.0 Å². The maximum absolute atomic E-state index is 13.5. The summed E-state index contributed by atoms with van der Waals surface area (Å²) in [4.78, 5) is 33.5. The van der Waals surface area contributed by atoms with Gasteiger partial charge in [-0.15, -0.1) is 0 Å². The van der Waals surface area contributed by atoms with Gasteiger partial charge in [-0.2, -0.15) is 5.26 Å². The number of ether oxygens (including phenoxy) is 1. The Hall–Kier alpha value is -2.97. The summed E-state index contributed by atoms with van der Waals surface area (Å²) in [5, 5.41) is 9.89. The zero-order valence-electron chi connectivity index (χ0n) is 22.8. The molecule has 2 aliphatic rings. The third-order valence-corrected chi connectivity index (χ3v) is 8.47. The third kappa shape index (κ3) is 6.44. The highest BCUT2D eigenvalue weighted by Crippen LogP contribution is 2.36. The number of thiocarbonyl (C=S) groups is 1. The van der Waals surface area contributed by atoms with Gasteiger partial charge in [0.05, 0.1) is 4.91 Å². The number of carbonyl (C=O) groups excluding carboxylic acids is 1. The molecule has 1 aromatic carbocycles. The molecule has 1 aromatic heterocycles. The smallest absolute Gasteiger partial charge is 0.270 e. The monoisotopic (exact) mass is 565 g/mol. The van der Waals surface area contributed by atoms with E-state index >= 15 is 0 Å². The molecule has 0 N–H and O–H groups in total. The summed E-state index contributed by atoms with van der Waals surface area (Å²) < 4.78 is 7.37. The maximum Gasteiger partial charge on any atom is 0.270 e. The number of rotatable bonds is 10. The van der Waals surface area contributed by atoms with Crippen molar-refractivity contribution in [2.75, 3.05) is 51.3 Å². The summed E-state index contributed by atoms with van der Waals surface area (Å²) in [6, 6.07) is 12.5. The summed E-state index contributed by atoms with van der Waals surface area (Å²) >= 11 is 6.79. The quantitative estimate of drug-likeness (QED) is 0.243. The van der Waals surface area contributed by atoms with Gasteiger partial charge in [0, 0.05) is 65.1 Å². The van der Waals surface area contributed by atoms with Crippen molar-refractivity contribution < 1.29 is 9.53 Å². The van der Waals surface area contributed by atoms with Crippen LogP contribution in [0, 0.1) is 18.3 Å². The molecule has 0 spiro atoms. The minimum absolute atomic E-state index is 0.122. The van der Waals surface area contributed by atoms with Crippen LogP contribution in [0.5, 0.6) is 0 Å². The summed E-state index contributed by atoms with van der Waals surface area (Å²) in [6.07, 6.45) is 3.27. The van der Waals surface area contributed by atoms with E-state index in [2.05, 4.69) is 40.1 Å². The zero-order chi connectivity index (χ0) is 27.9. The molecule has 0 atom stereocenters. The molecule has 2 fully saturated rings. The topological polar surface area (TPSA) is 81.8 Å². The Morgan fingerprint density at radius 2 is 1.85 bits per heavy atom. The molecule has 39 heavy (non-hydrogen) atoms. The second-order valence-electron chi connectivity index (χ2n) is 9.73. The van der Waals surface area contributed by atoms with Crippen LogP contribution < -0.4 is 10.5 Å². The number of carbonyl (C=O) groups is 1. The average Bonchev–Trinajstić information content (AvgIpc) is 3.20. The summed E-state index contributed by atoms with van der Waals surface area (Å²) in [5.41, 5.74) is 2.46. The molecule has 2 saturated heterocycles. The first-order chi connectivity index (χ1) is 18.9. The fraction of sp³-hybridized carbons (Fsp3) is 0.448. The van der Waals surface area contributed by atoms with Gasteiger partial charge in [-0.3, -0.25) is 24.0 Å². The zero-order valence-corrected chi connectivity index (χ0v) is 24.4. The van der Waals surface area contributed by atoms with E-state index < -0.39 is 0 Å². The van der Waals surface area contributed by atoms with Crippen LogP contribution in [0.3, 0.4) is 0 Å². The molecular formula is C29H35N5O3S2. The number of hydrogen-bond donors (Lipinski definition) is 0. The molecule has 0 bridgehead atoms. The third-order valence-electron chi connectivity index (χ3n) is 7.09. The second kappa shape index (κ2) is 13.4. The number of pyridine rings is 1. The van der Waals surface area contributed by atoms with Crippen molar-refractivity contribution in [1.29, 1.82) is 5.26 Å². The van der Waals surface area contributed by atoms with Gasteiger partial charge in [0.15, 0.2) is 0 Å². The fourth-order valence-corrected chi connectivity index (χ4v) is 6.36. The van der Waals surface area contributed by atoms with Crippen LogP contribution in [0.15, 0.2) is 40.0 Å². The SMILES string of the molecule is CCCn1c(N2CCN(Cc3ccccc3)CC2)c(C=C2SC(=S)N(CCCOC)C2=O)c(C)c(C#N)c1=O. The molecular weight excluding hydrogens is 530 g/mol. The van der Waals surface area contributed by atoms with Gasteiger partial charge in [-0.25, -0.2) is 0 Å². The molecule has 8 nitrogen and oxygen atoms in total. The number of methoxy groups -OCH3 is 1. The first-order valence-corrected chi connectivity index (χ1v) is 14.5. The van der Waals surface area contributed by atoms with Gasteiger partial charge < -0.3 is 9.64 Å². The van der Waals surface area contributed by atoms with E-state index in [4.69, 9.17) is 17.0 Å². The van der Waals surface area contributed by atoms with E-state index in [9.17, 15) is 14.9 Å². The number of nitrogens with zero attached hydrogens (tertiary/aromatic N) is 5. The lowest BCUT2D eigenvalue weighted by Gasteiger charge is -2.38. The Bertz CT molecular complexity index is 1340. The largest absolute Gasteiger partial charge is 0.385 e. The summed E-state index contributed by atoms with van der Waals surface area (Å²) in [6.45, 7) is 9.38. The van der Waals surface area contributed by atoms with Gasteiger partial charge in [0.1, 0.15) is 21.8 Å². The molecule has 0 aliphatic carbocycles. The number of aromatic nitrogens is 1. The van der Waals surface area contributed by atoms with Crippen LogP contribution in [-0.4, -0.2) is 71.0 Å². The highest BCUT2D eigenvalue weighted by atomic mass is 32.2. The van der Waals surface area contributed by atoms with E-state index in [-0.39, 0.29) is 17.0 Å².